The molecule has 0 aromatic heterocycles. The standard InChI is InChI=1S/C44H68N2O6/c1-3-43(47)51-31-11-7-5-9-29-49-41-25-15-35(16-26-41)13-21-39-23-19-37(33-45-39)38-20-24-40(46-34-38)22-14-36-17-27-42(28-18-36)50-30-10-6-8-12-32-52-44(48)4-2/h3-4,35-42,45-46H,1-2,5-12,15-20,23-34H2. The van der Waals surface area contributed by atoms with Crippen LogP contribution >= 0.6 is 0 Å². The van der Waals surface area contributed by atoms with E-state index in [1.807, 2.05) is 0 Å². The highest BCUT2D eigenvalue weighted by Gasteiger charge is 2.30. The van der Waals surface area contributed by atoms with Crippen LogP contribution in [0.25, 0.3) is 0 Å². The summed E-state index contributed by atoms with van der Waals surface area (Å²) in [5, 5.41) is 7.56. The lowest BCUT2D eigenvalue weighted by Crippen LogP contribution is -2.46. The van der Waals surface area contributed by atoms with Crippen LogP contribution in [0, 0.1) is 47.4 Å². The minimum absolute atomic E-state index is 0.337. The molecule has 0 bridgehead atoms. The maximum Gasteiger partial charge on any atom is 0.330 e. The lowest BCUT2D eigenvalue weighted by molar-refractivity contribution is -0.138. The highest BCUT2D eigenvalue weighted by Crippen LogP contribution is 2.30. The summed E-state index contributed by atoms with van der Waals surface area (Å²) < 4.78 is 22.3. The monoisotopic (exact) mass is 721 g/mol. The van der Waals surface area contributed by atoms with Gasteiger partial charge in [0.1, 0.15) is 0 Å². The van der Waals surface area contributed by atoms with Crippen molar-refractivity contribution in [2.24, 2.45) is 23.7 Å². The first-order valence-electron chi connectivity index (χ1n) is 20.8. The average molecular weight is 721 g/mol. The SMILES string of the molecule is C=CC(=O)OCCCCCCOC1CCC(C#CC2CCC(C3CCC(C#CC4CCC(OCCCCCCOC(=O)C=C)CC4)NC3)CN2)CC1. The smallest absolute Gasteiger partial charge is 0.330 e. The normalized spacial score (nSPS) is 29.0. The van der Waals surface area contributed by atoms with E-state index < -0.39 is 0 Å². The van der Waals surface area contributed by atoms with Crippen LogP contribution < -0.4 is 10.6 Å². The Balaban J connectivity index is 0.974. The summed E-state index contributed by atoms with van der Waals surface area (Å²) in [5.74, 6) is 16.3. The second-order valence-electron chi connectivity index (χ2n) is 15.4. The maximum absolute atomic E-state index is 11.1. The van der Waals surface area contributed by atoms with Crippen LogP contribution in [0.5, 0.6) is 0 Å². The number of hydrogen-bond acceptors (Lipinski definition) is 8. The number of rotatable bonds is 19. The van der Waals surface area contributed by atoms with E-state index in [0.29, 0.717) is 49.3 Å². The van der Waals surface area contributed by atoms with E-state index in [4.69, 9.17) is 18.9 Å². The van der Waals surface area contributed by atoms with Gasteiger partial charge in [0.15, 0.2) is 0 Å². The van der Waals surface area contributed by atoms with E-state index in [1.165, 1.54) is 25.0 Å². The van der Waals surface area contributed by atoms with Gasteiger partial charge in [-0.3, -0.25) is 0 Å². The molecule has 8 nitrogen and oxygen atoms in total. The van der Waals surface area contributed by atoms with Gasteiger partial charge >= 0.3 is 11.9 Å². The summed E-state index contributed by atoms with van der Waals surface area (Å²) in [6, 6.07) is 0.682. The van der Waals surface area contributed by atoms with Gasteiger partial charge in [-0.15, -0.1) is 0 Å². The van der Waals surface area contributed by atoms with Crippen molar-refractivity contribution in [2.45, 2.75) is 153 Å². The summed E-state index contributed by atoms with van der Waals surface area (Å²) in [5.41, 5.74) is 0. The van der Waals surface area contributed by atoms with Crippen molar-refractivity contribution < 1.29 is 28.5 Å². The van der Waals surface area contributed by atoms with Crippen molar-refractivity contribution in [3.63, 3.8) is 0 Å². The summed E-state index contributed by atoms with van der Waals surface area (Å²) in [6.07, 6.45) is 25.4. The fourth-order valence-corrected chi connectivity index (χ4v) is 8.07. The molecule has 4 rings (SSSR count). The zero-order valence-corrected chi connectivity index (χ0v) is 32.0. The molecule has 4 fully saturated rings. The molecular formula is C44H68N2O6. The number of piperidine rings is 2. The fourth-order valence-electron chi connectivity index (χ4n) is 8.07. The lowest BCUT2D eigenvalue weighted by Gasteiger charge is -2.37. The predicted octanol–water partition coefficient (Wildman–Crippen LogP) is 7.46. The zero-order chi connectivity index (χ0) is 36.6. The molecule has 0 aromatic rings. The Morgan fingerprint density at radius 2 is 0.885 bits per heavy atom. The van der Waals surface area contributed by atoms with Crippen LogP contribution in [0.1, 0.15) is 128 Å². The molecule has 2 saturated carbocycles. The summed E-state index contributed by atoms with van der Waals surface area (Å²) in [7, 11) is 0. The molecule has 290 valence electrons. The van der Waals surface area contributed by atoms with E-state index in [1.54, 1.807) is 0 Å². The van der Waals surface area contributed by atoms with Crippen LogP contribution in [-0.4, -0.2) is 75.7 Å². The van der Waals surface area contributed by atoms with E-state index >= 15 is 0 Å². The largest absolute Gasteiger partial charge is 0.463 e. The molecule has 0 spiro atoms. The molecule has 8 heteroatoms. The van der Waals surface area contributed by atoms with Gasteiger partial charge in [-0.2, -0.15) is 0 Å². The minimum Gasteiger partial charge on any atom is -0.463 e. The number of carbonyl (C=O) groups is 2. The van der Waals surface area contributed by atoms with Gasteiger partial charge in [0.25, 0.3) is 0 Å². The van der Waals surface area contributed by atoms with E-state index in [0.717, 1.165) is 154 Å². The van der Waals surface area contributed by atoms with Gasteiger partial charge in [-0.1, -0.05) is 49.7 Å². The fraction of sp³-hybridized carbons (Fsp3) is 0.773. The second-order valence-corrected chi connectivity index (χ2v) is 15.4. The van der Waals surface area contributed by atoms with Gasteiger partial charge in [0.05, 0.1) is 37.5 Å². The first-order valence-corrected chi connectivity index (χ1v) is 20.8. The van der Waals surface area contributed by atoms with Crippen molar-refractivity contribution in [3.05, 3.63) is 25.3 Å². The number of hydrogen-bond donors (Lipinski definition) is 2. The molecule has 2 aliphatic carbocycles. The number of unbranched alkanes of at least 4 members (excludes halogenated alkanes) is 6. The third-order valence-corrected chi connectivity index (χ3v) is 11.5. The van der Waals surface area contributed by atoms with Crippen LogP contribution in [-0.2, 0) is 28.5 Å². The van der Waals surface area contributed by atoms with Gasteiger partial charge in [-0.05, 0) is 141 Å². The highest BCUT2D eigenvalue weighted by atomic mass is 16.5. The van der Waals surface area contributed by atoms with E-state index in [2.05, 4.69) is 47.5 Å². The third-order valence-electron chi connectivity index (χ3n) is 11.5. The molecule has 0 amide bonds. The Kier molecular flexibility index (Phi) is 20.6. The number of carbonyl (C=O) groups excluding carboxylic acids is 2. The Hall–Kier alpha value is -2.62. The number of esters is 2. The first-order chi connectivity index (χ1) is 25.5. The van der Waals surface area contributed by atoms with Crippen LogP contribution in [0.15, 0.2) is 25.3 Å². The predicted molar refractivity (Wildman–Crippen MR) is 207 cm³/mol. The van der Waals surface area contributed by atoms with Gasteiger partial charge in [-0.25, -0.2) is 9.59 Å². The molecule has 2 aliphatic heterocycles. The molecule has 0 radical (unpaired) electrons. The molecule has 52 heavy (non-hydrogen) atoms. The first kappa shape index (κ1) is 42.1. The summed E-state index contributed by atoms with van der Waals surface area (Å²) in [4.78, 5) is 22.1. The zero-order valence-electron chi connectivity index (χ0n) is 32.0. The van der Waals surface area contributed by atoms with Gasteiger partial charge < -0.3 is 29.6 Å². The Bertz CT molecular complexity index is 1070. The summed E-state index contributed by atoms with van der Waals surface area (Å²) >= 11 is 0. The highest BCUT2D eigenvalue weighted by molar-refractivity contribution is 5.81. The van der Waals surface area contributed by atoms with Crippen molar-refractivity contribution in [1.29, 1.82) is 0 Å². The molecule has 2 N–H and O–H groups in total. The molecule has 4 atom stereocenters. The molecule has 4 aliphatic rings. The topological polar surface area (TPSA) is 95.1 Å². The van der Waals surface area contributed by atoms with Crippen molar-refractivity contribution in [3.8, 4) is 23.7 Å². The van der Waals surface area contributed by atoms with Crippen molar-refractivity contribution >= 4 is 11.9 Å². The number of nitrogens with one attached hydrogen (secondary N) is 2. The summed E-state index contributed by atoms with van der Waals surface area (Å²) in [6.45, 7) is 11.6. The van der Waals surface area contributed by atoms with Gasteiger partial charge in [0.2, 0.25) is 0 Å². The Morgan fingerprint density at radius 1 is 0.500 bits per heavy atom. The second kappa shape index (κ2) is 25.4. The number of ether oxygens (including phenoxy) is 4. The van der Waals surface area contributed by atoms with Crippen LogP contribution in [0.4, 0.5) is 0 Å². The molecule has 4 unspecified atom stereocenters. The Labute approximate surface area is 315 Å². The minimum atomic E-state index is -0.337. The molecule has 0 aromatic carbocycles. The Morgan fingerprint density at radius 3 is 1.23 bits per heavy atom. The molecular weight excluding hydrogens is 652 g/mol. The van der Waals surface area contributed by atoms with Crippen molar-refractivity contribution in [2.75, 3.05) is 39.5 Å². The maximum atomic E-state index is 11.1. The van der Waals surface area contributed by atoms with Crippen molar-refractivity contribution in [1.82, 2.24) is 10.6 Å². The third kappa shape index (κ3) is 17.0. The molecule has 2 heterocycles. The lowest BCUT2D eigenvalue weighted by atomic mass is 9.79. The van der Waals surface area contributed by atoms with Crippen LogP contribution in [0.3, 0.4) is 0 Å². The van der Waals surface area contributed by atoms with Gasteiger partial charge in [0, 0.05) is 37.2 Å². The van der Waals surface area contributed by atoms with Crippen LogP contribution in [0.2, 0.25) is 0 Å². The van der Waals surface area contributed by atoms with E-state index in [9.17, 15) is 9.59 Å². The quantitative estimate of drug-likeness (QED) is 0.0615. The van der Waals surface area contributed by atoms with E-state index in [-0.39, 0.29) is 11.9 Å². The average Bonchev–Trinajstić information content (AvgIpc) is 3.19. The molecule has 2 saturated heterocycles.